The molecule has 0 radical (unpaired) electrons. The Kier molecular flexibility index (Phi) is 10.00. The van der Waals surface area contributed by atoms with Crippen LogP contribution in [0.15, 0.2) is 42.5 Å². The third kappa shape index (κ3) is 7.91. The normalized spacial score (nSPS) is 12.1. The zero-order valence-corrected chi connectivity index (χ0v) is 21.1. The van der Waals surface area contributed by atoms with Gasteiger partial charge in [-0.05, 0) is 50.1 Å². The Bertz CT molecular complexity index is 1130. The second kappa shape index (κ2) is 12.5. The monoisotopic (exact) mass is 511 g/mol. The molecule has 0 aromatic heterocycles. The van der Waals surface area contributed by atoms with Gasteiger partial charge in [-0.25, -0.2) is 17.2 Å². The molecule has 0 saturated heterocycles. The molecular weight excluding hydrogens is 480 g/mol. The standard InChI is InChI=1S/C24H31F2N3O5S/c1-5-27-24(31)17(2)28(16-18-8-11-20(34-3)12-9-18)23(30)7-6-14-29(35(4,32)33)19-10-13-21(25)22(26)15-19/h8-13,15,17H,5-7,14,16H2,1-4H3,(H,27,31)/t17-/m0/s1. The van der Waals surface area contributed by atoms with Crippen LogP contribution in [0.1, 0.15) is 32.3 Å². The van der Waals surface area contributed by atoms with Crippen molar-refractivity contribution in [3.63, 3.8) is 0 Å². The van der Waals surface area contributed by atoms with Crippen molar-refractivity contribution in [2.75, 3.05) is 30.8 Å². The predicted octanol–water partition coefficient (Wildman–Crippen LogP) is 3.07. The molecule has 2 rings (SSSR count). The highest BCUT2D eigenvalue weighted by molar-refractivity contribution is 7.92. The molecule has 0 aliphatic rings. The number of hydrogen-bond acceptors (Lipinski definition) is 5. The molecule has 0 heterocycles. The molecule has 2 aromatic rings. The Labute approximate surface area is 204 Å². The Hall–Kier alpha value is -3.21. The molecule has 1 atom stereocenters. The summed E-state index contributed by atoms with van der Waals surface area (Å²) in [6.45, 7) is 3.85. The Morgan fingerprint density at radius 1 is 1.09 bits per heavy atom. The Morgan fingerprint density at radius 3 is 2.29 bits per heavy atom. The lowest BCUT2D eigenvalue weighted by molar-refractivity contribution is -0.140. The lowest BCUT2D eigenvalue weighted by atomic mass is 10.1. The second-order valence-corrected chi connectivity index (χ2v) is 9.88. The lowest BCUT2D eigenvalue weighted by Crippen LogP contribution is -2.47. The molecule has 0 aliphatic heterocycles. The van der Waals surface area contributed by atoms with Crippen LogP contribution in [0.3, 0.4) is 0 Å². The first kappa shape index (κ1) is 28.0. The van der Waals surface area contributed by atoms with Crippen LogP contribution in [0.25, 0.3) is 0 Å². The minimum Gasteiger partial charge on any atom is -0.497 e. The SMILES string of the molecule is CCNC(=O)[C@H](C)N(Cc1ccc(OC)cc1)C(=O)CCCN(c1ccc(F)c(F)c1)S(C)(=O)=O. The van der Waals surface area contributed by atoms with Crippen molar-refractivity contribution in [1.29, 1.82) is 0 Å². The van der Waals surface area contributed by atoms with E-state index in [4.69, 9.17) is 4.74 Å². The van der Waals surface area contributed by atoms with Gasteiger partial charge in [0, 0.05) is 32.1 Å². The third-order valence-corrected chi connectivity index (χ3v) is 6.57. The zero-order chi connectivity index (χ0) is 26.2. The maximum absolute atomic E-state index is 13.7. The number of likely N-dealkylation sites (N-methyl/N-ethyl adjacent to an activating group) is 1. The molecule has 2 aromatic carbocycles. The number of nitrogens with zero attached hydrogens (tertiary/aromatic N) is 2. The van der Waals surface area contributed by atoms with Gasteiger partial charge in [-0.1, -0.05) is 12.1 Å². The fourth-order valence-electron chi connectivity index (χ4n) is 3.48. The van der Waals surface area contributed by atoms with Crippen LogP contribution in [0.4, 0.5) is 14.5 Å². The first-order valence-corrected chi connectivity index (χ1v) is 13.0. The molecule has 0 fully saturated rings. The van der Waals surface area contributed by atoms with Gasteiger partial charge in [-0.3, -0.25) is 13.9 Å². The van der Waals surface area contributed by atoms with E-state index in [9.17, 15) is 26.8 Å². The van der Waals surface area contributed by atoms with Gasteiger partial charge in [0.2, 0.25) is 21.8 Å². The average molecular weight is 512 g/mol. The van der Waals surface area contributed by atoms with E-state index >= 15 is 0 Å². The summed E-state index contributed by atoms with van der Waals surface area (Å²) < 4.78 is 57.5. The fraction of sp³-hybridized carbons (Fsp3) is 0.417. The van der Waals surface area contributed by atoms with E-state index in [0.29, 0.717) is 12.3 Å². The molecule has 1 N–H and O–H groups in total. The Morgan fingerprint density at radius 2 is 1.74 bits per heavy atom. The number of carbonyl (C=O) groups excluding carboxylic acids is 2. The average Bonchev–Trinajstić information content (AvgIpc) is 2.81. The number of carbonyl (C=O) groups is 2. The van der Waals surface area contributed by atoms with Gasteiger partial charge in [0.05, 0.1) is 19.1 Å². The van der Waals surface area contributed by atoms with Crippen molar-refractivity contribution in [2.24, 2.45) is 0 Å². The van der Waals surface area contributed by atoms with Crippen molar-refractivity contribution in [1.82, 2.24) is 10.2 Å². The fourth-order valence-corrected chi connectivity index (χ4v) is 4.43. The molecule has 8 nitrogen and oxygen atoms in total. The van der Waals surface area contributed by atoms with Gasteiger partial charge in [0.25, 0.3) is 0 Å². The van der Waals surface area contributed by atoms with Crippen LogP contribution in [0.5, 0.6) is 5.75 Å². The maximum Gasteiger partial charge on any atom is 0.242 e. The summed E-state index contributed by atoms with van der Waals surface area (Å²) in [6.07, 6.45) is 0.991. The first-order chi connectivity index (χ1) is 16.5. The summed E-state index contributed by atoms with van der Waals surface area (Å²) in [5, 5.41) is 2.70. The van der Waals surface area contributed by atoms with E-state index in [1.807, 2.05) is 0 Å². The predicted molar refractivity (Wildman–Crippen MR) is 129 cm³/mol. The van der Waals surface area contributed by atoms with Crippen LogP contribution in [0.2, 0.25) is 0 Å². The van der Waals surface area contributed by atoms with Gasteiger partial charge in [0.1, 0.15) is 11.8 Å². The molecule has 0 aliphatic carbocycles. The van der Waals surface area contributed by atoms with Gasteiger partial charge in [-0.2, -0.15) is 0 Å². The molecule has 2 amide bonds. The van der Waals surface area contributed by atoms with Crippen LogP contribution >= 0.6 is 0 Å². The molecule has 0 spiro atoms. The maximum atomic E-state index is 13.7. The van der Waals surface area contributed by atoms with E-state index in [1.165, 1.54) is 4.90 Å². The van der Waals surface area contributed by atoms with Gasteiger partial charge in [0.15, 0.2) is 11.6 Å². The summed E-state index contributed by atoms with van der Waals surface area (Å²) in [5.41, 5.74) is 0.750. The van der Waals surface area contributed by atoms with Crippen molar-refractivity contribution >= 4 is 27.5 Å². The number of methoxy groups -OCH3 is 1. The second-order valence-electron chi connectivity index (χ2n) is 7.98. The van der Waals surface area contributed by atoms with E-state index in [-0.39, 0.29) is 43.4 Å². The van der Waals surface area contributed by atoms with E-state index < -0.39 is 27.7 Å². The van der Waals surface area contributed by atoms with E-state index in [2.05, 4.69) is 5.32 Å². The molecule has 35 heavy (non-hydrogen) atoms. The van der Waals surface area contributed by atoms with Gasteiger partial charge in [-0.15, -0.1) is 0 Å². The minimum atomic E-state index is -3.81. The lowest BCUT2D eigenvalue weighted by Gasteiger charge is -2.29. The number of halogens is 2. The quantitative estimate of drug-likeness (QED) is 0.473. The molecule has 192 valence electrons. The highest BCUT2D eigenvalue weighted by Crippen LogP contribution is 2.22. The van der Waals surface area contributed by atoms with Gasteiger partial charge < -0.3 is 15.0 Å². The summed E-state index contributed by atoms with van der Waals surface area (Å²) in [7, 11) is -2.27. The molecule has 0 bridgehead atoms. The van der Waals surface area contributed by atoms with Crippen molar-refractivity contribution in [3.8, 4) is 5.75 Å². The topological polar surface area (TPSA) is 96.0 Å². The molecular formula is C24H31F2N3O5S. The number of rotatable bonds is 12. The van der Waals surface area contributed by atoms with Gasteiger partial charge >= 0.3 is 0 Å². The first-order valence-electron chi connectivity index (χ1n) is 11.1. The zero-order valence-electron chi connectivity index (χ0n) is 20.3. The number of nitrogens with one attached hydrogen (secondary N) is 1. The summed E-state index contributed by atoms with van der Waals surface area (Å²) in [6, 6.07) is 9.12. The summed E-state index contributed by atoms with van der Waals surface area (Å²) in [4.78, 5) is 27.0. The smallest absolute Gasteiger partial charge is 0.242 e. The number of amides is 2. The summed E-state index contributed by atoms with van der Waals surface area (Å²) in [5.74, 6) is -2.27. The van der Waals surface area contributed by atoms with Crippen LogP contribution in [0, 0.1) is 11.6 Å². The van der Waals surface area contributed by atoms with E-state index in [1.54, 1.807) is 45.2 Å². The molecule has 0 saturated carbocycles. The molecule has 0 unspecified atom stereocenters. The minimum absolute atomic E-state index is 0.0374. The van der Waals surface area contributed by atoms with Crippen LogP contribution < -0.4 is 14.4 Å². The summed E-state index contributed by atoms with van der Waals surface area (Å²) >= 11 is 0. The highest BCUT2D eigenvalue weighted by Gasteiger charge is 2.26. The van der Waals surface area contributed by atoms with Crippen molar-refractivity contribution in [2.45, 2.75) is 39.3 Å². The third-order valence-electron chi connectivity index (χ3n) is 5.37. The number of ether oxygens (including phenoxy) is 1. The van der Waals surface area contributed by atoms with Crippen molar-refractivity contribution in [3.05, 3.63) is 59.7 Å². The number of sulfonamides is 1. The van der Waals surface area contributed by atoms with E-state index in [0.717, 1.165) is 34.3 Å². The largest absolute Gasteiger partial charge is 0.497 e. The van der Waals surface area contributed by atoms with Crippen LogP contribution in [-0.2, 0) is 26.2 Å². The highest BCUT2D eigenvalue weighted by atomic mass is 32.2. The number of anilines is 1. The Balaban J connectivity index is 2.17. The number of benzene rings is 2. The number of hydrogen-bond donors (Lipinski definition) is 1. The van der Waals surface area contributed by atoms with Crippen molar-refractivity contribution < 1.29 is 31.5 Å². The van der Waals surface area contributed by atoms with Crippen LogP contribution in [-0.4, -0.2) is 57.6 Å². The molecule has 11 heteroatoms.